The van der Waals surface area contributed by atoms with E-state index >= 15 is 0 Å². The van der Waals surface area contributed by atoms with Gasteiger partial charge in [-0.2, -0.15) is 0 Å². The predicted molar refractivity (Wildman–Crippen MR) is 243 cm³/mol. The molecule has 0 spiro atoms. The Kier molecular flexibility index (Phi) is 8.36. The summed E-state index contributed by atoms with van der Waals surface area (Å²) in [5, 5.41) is 2.28. The molecule has 10 rings (SSSR count). The molecular weight excluding hydrogens is 728 g/mol. The van der Waals surface area contributed by atoms with E-state index in [1.807, 2.05) is 12.1 Å². The van der Waals surface area contributed by atoms with Gasteiger partial charge in [-0.25, -0.2) is 0 Å². The number of para-hydroxylation sites is 2. The summed E-state index contributed by atoms with van der Waals surface area (Å²) in [7, 11) is -0.880. The highest BCUT2D eigenvalue weighted by Crippen LogP contribution is 2.52. The minimum Gasteiger partial charge on any atom is -0.455 e. The SMILES string of the molecule is CC1(C)c2cc(-c3cccc4c3oc3ccccc34)ccc2-c2ccc(N(c3ccc(B4OC(C)(C)C(C)(C)O4)cc3)c3ccc(B4OC(C)(C)C(C)(C)O4)cc3)cc21. The third kappa shape index (κ3) is 5.94. The van der Waals surface area contributed by atoms with E-state index in [1.54, 1.807) is 0 Å². The summed E-state index contributed by atoms with van der Waals surface area (Å²) in [6.45, 7) is 21.4. The van der Waals surface area contributed by atoms with E-state index in [-0.39, 0.29) is 5.41 Å². The Morgan fingerprint density at radius 1 is 0.424 bits per heavy atom. The van der Waals surface area contributed by atoms with Crippen LogP contribution >= 0.6 is 0 Å². The molecule has 2 saturated heterocycles. The smallest absolute Gasteiger partial charge is 0.455 e. The summed E-state index contributed by atoms with van der Waals surface area (Å²) in [5.74, 6) is 0. The quantitative estimate of drug-likeness (QED) is 0.157. The minimum absolute atomic E-state index is 0.259. The molecule has 0 amide bonds. The Balaban J connectivity index is 1.03. The van der Waals surface area contributed by atoms with Crippen molar-refractivity contribution < 1.29 is 23.0 Å². The average Bonchev–Trinajstić information content (AvgIpc) is 3.84. The number of benzene rings is 6. The van der Waals surface area contributed by atoms with Crippen molar-refractivity contribution >= 4 is 64.2 Å². The van der Waals surface area contributed by atoms with Gasteiger partial charge >= 0.3 is 14.2 Å². The highest BCUT2D eigenvalue weighted by molar-refractivity contribution is 6.62. The molecule has 3 heterocycles. The summed E-state index contributed by atoms with van der Waals surface area (Å²) >= 11 is 0. The van der Waals surface area contributed by atoms with Crippen LogP contribution in [0.1, 0.15) is 80.4 Å². The van der Waals surface area contributed by atoms with Crippen LogP contribution in [0.4, 0.5) is 17.1 Å². The van der Waals surface area contributed by atoms with Gasteiger partial charge < -0.3 is 27.9 Å². The van der Waals surface area contributed by atoms with Crippen LogP contribution in [0, 0.1) is 0 Å². The standard InChI is InChI=1S/C51H51B2NO5/c1-47(2)43-30-32(38-15-13-16-42-41-14-11-12-17-45(41)55-46(38)42)18-28-39(43)40-29-27-37(31-44(40)47)54(35-23-19-33(20-24-35)52-56-48(3,4)49(5,6)57-52)36-25-21-34(22-26-36)53-58-50(7,8)51(9,10)59-53/h11-31H,1-10H3. The van der Waals surface area contributed by atoms with Crippen molar-refractivity contribution in [1.82, 2.24) is 0 Å². The number of furan rings is 1. The molecule has 59 heavy (non-hydrogen) atoms. The lowest BCUT2D eigenvalue weighted by atomic mass is 9.79. The monoisotopic (exact) mass is 779 g/mol. The van der Waals surface area contributed by atoms with Crippen molar-refractivity contribution in [2.75, 3.05) is 4.90 Å². The predicted octanol–water partition coefficient (Wildman–Crippen LogP) is 11.6. The lowest BCUT2D eigenvalue weighted by molar-refractivity contribution is 0.00578. The highest BCUT2D eigenvalue weighted by atomic mass is 16.7. The van der Waals surface area contributed by atoms with E-state index in [1.165, 1.54) is 22.3 Å². The largest absolute Gasteiger partial charge is 0.494 e. The second kappa shape index (κ2) is 12.9. The van der Waals surface area contributed by atoms with E-state index in [4.69, 9.17) is 23.0 Å². The van der Waals surface area contributed by atoms with Gasteiger partial charge in [0, 0.05) is 38.8 Å². The average molecular weight is 780 g/mol. The maximum Gasteiger partial charge on any atom is 0.494 e. The molecule has 6 aromatic carbocycles. The van der Waals surface area contributed by atoms with Crippen molar-refractivity contribution in [1.29, 1.82) is 0 Å². The van der Waals surface area contributed by atoms with E-state index in [9.17, 15) is 0 Å². The van der Waals surface area contributed by atoms with Crippen molar-refractivity contribution in [2.45, 2.75) is 97.1 Å². The molecule has 3 aliphatic rings. The molecule has 7 aromatic rings. The maximum atomic E-state index is 6.47. The topological polar surface area (TPSA) is 53.3 Å². The molecule has 0 saturated carbocycles. The number of hydrogen-bond acceptors (Lipinski definition) is 6. The first-order valence-electron chi connectivity index (χ1n) is 20.9. The molecule has 2 aliphatic heterocycles. The Labute approximate surface area is 348 Å². The van der Waals surface area contributed by atoms with Gasteiger partial charge in [0.15, 0.2) is 0 Å². The van der Waals surface area contributed by atoms with Gasteiger partial charge in [0.25, 0.3) is 0 Å². The van der Waals surface area contributed by atoms with Crippen molar-refractivity contribution in [2.24, 2.45) is 0 Å². The lowest BCUT2D eigenvalue weighted by Gasteiger charge is -2.32. The van der Waals surface area contributed by atoms with Crippen LogP contribution in [0.15, 0.2) is 132 Å². The van der Waals surface area contributed by atoms with Gasteiger partial charge in [-0.05, 0) is 143 Å². The van der Waals surface area contributed by atoms with E-state index < -0.39 is 36.6 Å². The van der Waals surface area contributed by atoms with E-state index in [2.05, 4.69) is 189 Å². The van der Waals surface area contributed by atoms with Gasteiger partial charge in [0.2, 0.25) is 0 Å². The minimum atomic E-state index is -0.440. The third-order valence-corrected chi connectivity index (χ3v) is 14.0. The number of fused-ring (bicyclic) bond motifs is 6. The molecule has 0 bridgehead atoms. The van der Waals surface area contributed by atoms with Crippen LogP contribution in [-0.2, 0) is 24.0 Å². The molecular formula is C51H51B2NO5. The summed E-state index contributed by atoms with van der Waals surface area (Å²) in [6.07, 6.45) is 0. The Hall–Kier alpha value is -5.11. The zero-order valence-corrected chi connectivity index (χ0v) is 35.8. The number of anilines is 3. The van der Waals surface area contributed by atoms with Crippen LogP contribution < -0.4 is 15.8 Å². The number of rotatable bonds is 6. The third-order valence-electron chi connectivity index (χ3n) is 14.0. The normalized spacial score (nSPS) is 19.4. The molecule has 296 valence electrons. The maximum absolute atomic E-state index is 6.47. The fourth-order valence-electron chi connectivity index (χ4n) is 8.97. The zero-order valence-electron chi connectivity index (χ0n) is 35.8. The van der Waals surface area contributed by atoms with Crippen LogP contribution in [0.2, 0.25) is 0 Å². The van der Waals surface area contributed by atoms with Crippen molar-refractivity contribution in [3.8, 4) is 22.3 Å². The second-order valence-electron chi connectivity index (χ2n) is 19.1. The van der Waals surface area contributed by atoms with Crippen LogP contribution in [-0.4, -0.2) is 36.6 Å². The van der Waals surface area contributed by atoms with Crippen LogP contribution in [0.25, 0.3) is 44.2 Å². The highest BCUT2D eigenvalue weighted by Gasteiger charge is 2.53. The van der Waals surface area contributed by atoms with Gasteiger partial charge in [-0.15, -0.1) is 0 Å². The Morgan fingerprint density at radius 2 is 0.898 bits per heavy atom. The fourth-order valence-corrected chi connectivity index (χ4v) is 8.97. The Morgan fingerprint density at radius 3 is 1.46 bits per heavy atom. The van der Waals surface area contributed by atoms with E-state index in [0.717, 1.165) is 61.1 Å². The first-order valence-corrected chi connectivity index (χ1v) is 20.9. The van der Waals surface area contributed by atoms with Crippen LogP contribution in [0.5, 0.6) is 0 Å². The van der Waals surface area contributed by atoms with Crippen molar-refractivity contribution in [3.05, 3.63) is 139 Å². The van der Waals surface area contributed by atoms with Gasteiger partial charge in [0.1, 0.15) is 11.2 Å². The second-order valence-corrected chi connectivity index (χ2v) is 19.1. The molecule has 1 aliphatic carbocycles. The molecule has 8 heteroatoms. The summed E-state index contributed by atoms with van der Waals surface area (Å²) in [5.41, 5.74) is 12.4. The molecule has 0 atom stereocenters. The molecule has 1 aromatic heterocycles. The van der Waals surface area contributed by atoms with Gasteiger partial charge in [0.05, 0.1) is 22.4 Å². The Bertz CT molecular complexity index is 2670. The first kappa shape index (κ1) is 38.1. The van der Waals surface area contributed by atoms with Crippen molar-refractivity contribution in [3.63, 3.8) is 0 Å². The molecule has 0 radical (unpaired) electrons. The summed E-state index contributed by atoms with van der Waals surface area (Å²) in [4.78, 5) is 2.33. The molecule has 0 unspecified atom stereocenters. The van der Waals surface area contributed by atoms with Crippen LogP contribution in [0.3, 0.4) is 0 Å². The van der Waals surface area contributed by atoms with Gasteiger partial charge in [-0.1, -0.05) is 92.7 Å². The summed E-state index contributed by atoms with van der Waals surface area (Å²) in [6, 6.07) is 45.7. The fraction of sp³-hybridized carbons (Fsp3) is 0.294. The van der Waals surface area contributed by atoms with E-state index in [0.29, 0.717) is 0 Å². The number of hydrogen-bond donors (Lipinski definition) is 0. The zero-order chi connectivity index (χ0) is 41.3. The lowest BCUT2D eigenvalue weighted by Crippen LogP contribution is -2.41. The first-order chi connectivity index (χ1) is 27.9. The van der Waals surface area contributed by atoms with Gasteiger partial charge in [-0.3, -0.25) is 0 Å². The molecule has 2 fully saturated rings. The number of nitrogens with zero attached hydrogens (tertiary/aromatic N) is 1. The molecule has 6 nitrogen and oxygen atoms in total. The molecule has 0 N–H and O–H groups in total. The summed E-state index contributed by atoms with van der Waals surface area (Å²) < 4.78 is 32.2.